The minimum atomic E-state index is 0.204. The van der Waals surface area contributed by atoms with E-state index in [2.05, 4.69) is 37.2 Å². The SMILES string of the molecule is CN(C)[C@@H]1CCCC[C@H]1N(C)C(=O)C1=Cc2ccccc2C1. The van der Waals surface area contributed by atoms with Crippen LogP contribution in [0.15, 0.2) is 29.8 Å². The lowest BCUT2D eigenvalue weighted by molar-refractivity contribution is -0.129. The smallest absolute Gasteiger partial charge is 0.250 e. The van der Waals surface area contributed by atoms with Crippen molar-refractivity contribution in [3.8, 4) is 0 Å². The second kappa shape index (κ2) is 6.25. The van der Waals surface area contributed by atoms with E-state index in [0.717, 1.165) is 18.4 Å². The van der Waals surface area contributed by atoms with Gasteiger partial charge in [-0.2, -0.15) is 0 Å². The van der Waals surface area contributed by atoms with Crippen molar-refractivity contribution < 1.29 is 4.79 Å². The molecule has 2 aliphatic carbocycles. The van der Waals surface area contributed by atoms with Crippen LogP contribution in [-0.4, -0.2) is 48.9 Å². The maximum Gasteiger partial charge on any atom is 0.250 e. The van der Waals surface area contributed by atoms with Crippen molar-refractivity contribution in [3.63, 3.8) is 0 Å². The summed E-state index contributed by atoms with van der Waals surface area (Å²) >= 11 is 0. The number of likely N-dealkylation sites (N-methyl/N-ethyl adjacent to an activating group) is 2. The lowest BCUT2D eigenvalue weighted by Gasteiger charge is -2.41. The quantitative estimate of drug-likeness (QED) is 0.856. The summed E-state index contributed by atoms with van der Waals surface area (Å²) in [6, 6.07) is 9.12. The van der Waals surface area contributed by atoms with E-state index in [-0.39, 0.29) is 5.91 Å². The molecule has 0 aliphatic heterocycles. The summed E-state index contributed by atoms with van der Waals surface area (Å²) in [7, 11) is 6.25. The Morgan fingerprint density at radius 2 is 1.73 bits per heavy atom. The number of amides is 1. The maximum atomic E-state index is 12.9. The average molecular weight is 298 g/mol. The second-order valence-electron chi connectivity index (χ2n) is 6.84. The van der Waals surface area contributed by atoms with Gasteiger partial charge >= 0.3 is 0 Å². The fourth-order valence-electron chi connectivity index (χ4n) is 3.94. The summed E-state index contributed by atoms with van der Waals surface area (Å²) in [5.74, 6) is 0.204. The third-order valence-corrected chi connectivity index (χ3v) is 5.22. The van der Waals surface area contributed by atoms with Gasteiger partial charge in [0, 0.05) is 31.1 Å². The molecule has 0 unspecified atom stereocenters. The molecular weight excluding hydrogens is 272 g/mol. The van der Waals surface area contributed by atoms with E-state index >= 15 is 0 Å². The normalized spacial score (nSPS) is 24.1. The van der Waals surface area contributed by atoms with Gasteiger partial charge in [-0.05, 0) is 44.1 Å². The standard InChI is InChI=1S/C19H26N2O/c1-20(2)17-10-6-7-11-18(17)21(3)19(22)16-12-14-8-4-5-9-15(14)13-16/h4-5,8-9,12,17-18H,6-7,10-11,13H2,1-3H3/t17-,18-/m1/s1. The number of nitrogens with zero attached hydrogens (tertiary/aromatic N) is 2. The number of benzene rings is 1. The van der Waals surface area contributed by atoms with E-state index in [0.29, 0.717) is 12.1 Å². The molecule has 0 spiro atoms. The minimum Gasteiger partial charge on any atom is -0.337 e. The van der Waals surface area contributed by atoms with Gasteiger partial charge in [-0.1, -0.05) is 37.1 Å². The zero-order valence-corrected chi connectivity index (χ0v) is 13.9. The maximum absolute atomic E-state index is 12.9. The van der Waals surface area contributed by atoms with Gasteiger partial charge in [0.15, 0.2) is 0 Å². The monoisotopic (exact) mass is 298 g/mol. The van der Waals surface area contributed by atoms with Crippen molar-refractivity contribution >= 4 is 12.0 Å². The summed E-state index contributed by atoms with van der Waals surface area (Å²) in [4.78, 5) is 17.2. The zero-order chi connectivity index (χ0) is 15.7. The Labute approximate surface area is 133 Å². The molecule has 2 atom stereocenters. The van der Waals surface area contributed by atoms with Gasteiger partial charge in [-0.3, -0.25) is 4.79 Å². The predicted molar refractivity (Wildman–Crippen MR) is 90.6 cm³/mol. The molecule has 0 aromatic heterocycles. The number of fused-ring (bicyclic) bond motifs is 1. The summed E-state index contributed by atoms with van der Waals surface area (Å²) in [6.45, 7) is 0. The first-order valence-electron chi connectivity index (χ1n) is 8.30. The van der Waals surface area contributed by atoms with Crippen LogP contribution in [0.2, 0.25) is 0 Å². The number of hydrogen-bond donors (Lipinski definition) is 0. The van der Waals surface area contributed by atoms with Crippen LogP contribution in [0.5, 0.6) is 0 Å². The van der Waals surface area contributed by atoms with Gasteiger partial charge in [-0.15, -0.1) is 0 Å². The first kappa shape index (κ1) is 15.3. The van der Waals surface area contributed by atoms with E-state index in [9.17, 15) is 4.79 Å². The Morgan fingerprint density at radius 1 is 1.05 bits per heavy atom. The Morgan fingerprint density at radius 3 is 2.41 bits per heavy atom. The van der Waals surface area contributed by atoms with Gasteiger partial charge in [0.2, 0.25) is 5.91 Å². The zero-order valence-electron chi connectivity index (χ0n) is 13.9. The van der Waals surface area contributed by atoms with Gasteiger partial charge in [0.25, 0.3) is 0 Å². The predicted octanol–water partition coefficient (Wildman–Crippen LogP) is 2.96. The fraction of sp³-hybridized carbons (Fsp3) is 0.526. The lowest BCUT2D eigenvalue weighted by Crippen LogP contribution is -2.52. The molecule has 0 radical (unpaired) electrons. The largest absolute Gasteiger partial charge is 0.337 e. The molecule has 1 fully saturated rings. The Balaban J connectivity index is 1.75. The molecule has 2 aliphatic rings. The van der Waals surface area contributed by atoms with Crippen LogP contribution in [0.25, 0.3) is 6.08 Å². The Bertz CT molecular complexity index is 591. The first-order valence-corrected chi connectivity index (χ1v) is 8.30. The minimum absolute atomic E-state index is 0.204. The number of hydrogen-bond acceptors (Lipinski definition) is 2. The highest BCUT2D eigenvalue weighted by atomic mass is 16.2. The molecule has 3 rings (SSSR count). The first-order chi connectivity index (χ1) is 10.6. The summed E-state index contributed by atoms with van der Waals surface area (Å²) < 4.78 is 0. The van der Waals surface area contributed by atoms with E-state index < -0.39 is 0 Å². The molecule has 0 saturated heterocycles. The van der Waals surface area contributed by atoms with Crippen molar-refractivity contribution in [2.24, 2.45) is 0 Å². The van der Waals surface area contributed by atoms with Crippen molar-refractivity contribution in [1.82, 2.24) is 9.80 Å². The molecule has 1 aromatic carbocycles. The van der Waals surface area contributed by atoms with Crippen LogP contribution in [0.4, 0.5) is 0 Å². The molecule has 1 amide bonds. The molecule has 1 saturated carbocycles. The topological polar surface area (TPSA) is 23.6 Å². The third kappa shape index (κ3) is 2.82. The van der Waals surface area contributed by atoms with E-state index in [4.69, 9.17) is 0 Å². The molecule has 0 bridgehead atoms. The molecule has 0 N–H and O–H groups in total. The number of carbonyl (C=O) groups is 1. The van der Waals surface area contributed by atoms with Crippen LogP contribution < -0.4 is 0 Å². The molecule has 22 heavy (non-hydrogen) atoms. The Hall–Kier alpha value is -1.61. The fourth-order valence-corrected chi connectivity index (χ4v) is 3.94. The van der Waals surface area contributed by atoms with Crippen LogP contribution in [-0.2, 0) is 11.2 Å². The van der Waals surface area contributed by atoms with Crippen molar-refractivity contribution in [1.29, 1.82) is 0 Å². The second-order valence-corrected chi connectivity index (χ2v) is 6.84. The molecular formula is C19H26N2O. The van der Waals surface area contributed by atoms with Gasteiger partial charge in [0.1, 0.15) is 0 Å². The highest BCUT2D eigenvalue weighted by molar-refractivity contribution is 6.00. The highest BCUT2D eigenvalue weighted by Crippen LogP contribution is 2.29. The molecule has 0 heterocycles. The average Bonchev–Trinajstić information content (AvgIpc) is 2.97. The van der Waals surface area contributed by atoms with Crippen LogP contribution >= 0.6 is 0 Å². The molecule has 3 nitrogen and oxygen atoms in total. The molecule has 3 heteroatoms. The summed E-state index contributed by atoms with van der Waals surface area (Å²) in [5, 5.41) is 0. The van der Waals surface area contributed by atoms with Gasteiger partial charge in [0.05, 0.1) is 0 Å². The van der Waals surface area contributed by atoms with Crippen LogP contribution in [0.1, 0.15) is 36.8 Å². The highest BCUT2D eigenvalue weighted by Gasteiger charge is 2.33. The molecule has 118 valence electrons. The summed E-state index contributed by atoms with van der Waals surface area (Å²) in [6.07, 6.45) is 7.65. The van der Waals surface area contributed by atoms with Crippen molar-refractivity contribution in [3.05, 3.63) is 41.0 Å². The van der Waals surface area contributed by atoms with E-state index in [1.807, 2.05) is 24.1 Å². The van der Waals surface area contributed by atoms with Gasteiger partial charge < -0.3 is 9.80 Å². The van der Waals surface area contributed by atoms with Crippen molar-refractivity contribution in [2.45, 2.75) is 44.2 Å². The van der Waals surface area contributed by atoms with E-state index in [1.165, 1.54) is 30.4 Å². The van der Waals surface area contributed by atoms with E-state index in [1.54, 1.807) is 0 Å². The van der Waals surface area contributed by atoms with Crippen molar-refractivity contribution in [2.75, 3.05) is 21.1 Å². The van der Waals surface area contributed by atoms with Crippen LogP contribution in [0, 0.1) is 0 Å². The summed E-state index contributed by atoms with van der Waals surface area (Å²) in [5.41, 5.74) is 3.41. The number of carbonyl (C=O) groups excluding carboxylic acids is 1. The lowest BCUT2D eigenvalue weighted by atomic mass is 9.88. The van der Waals surface area contributed by atoms with Gasteiger partial charge in [-0.25, -0.2) is 0 Å². The van der Waals surface area contributed by atoms with Crippen LogP contribution in [0.3, 0.4) is 0 Å². The molecule has 1 aromatic rings. The Kier molecular flexibility index (Phi) is 4.34. The number of rotatable bonds is 3. The third-order valence-electron chi connectivity index (χ3n) is 5.22.